The maximum absolute atomic E-state index is 12.2. The fourth-order valence-electron chi connectivity index (χ4n) is 1.70. The van der Waals surface area contributed by atoms with Crippen LogP contribution in [0.5, 0.6) is 0 Å². The summed E-state index contributed by atoms with van der Waals surface area (Å²) >= 11 is 4.74. The van der Waals surface area contributed by atoms with Crippen LogP contribution in [0.25, 0.3) is 15.5 Å². The van der Waals surface area contributed by atoms with Gasteiger partial charge in [0.25, 0.3) is 0 Å². The zero-order valence-electron chi connectivity index (χ0n) is 8.97. The van der Waals surface area contributed by atoms with Crippen molar-refractivity contribution in [3.8, 4) is 5.82 Å². The van der Waals surface area contributed by atoms with E-state index in [1.54, 1.807) is 9.63 Å². The molecule has 2 aromatic heterocycles. The number of hydrogen-bond donors (Lipinski definition) is 2. The van der Waals surface area contributed by atoms with E-state index in [1.165, 1.54) is 6.07 Å². The second-order valence-electron chi connectivity index (χ2n) is 3.66. The zero-order chi connectivity index (χ0) is 12.7. The van der Waals surface area contributed by atoms with Crippen molar-refractivity contribution in [1.29, 1.82) is 0 Å². The fraction of sp³-hybridized carbons (Fsp3) is 0. The van der Waals surface area contributed by atoms with Crippen LogP contribution in [0.1, 0.15) is 0 Å². The fourth-order valence-corrected chi connectivity index (χ4v) is 3.93. The molecule has 3 rings (SSSR count). The van der Waals surface area contributed by atoms with Crippen LogP contribution < -0.4 is 11.1 Å². The quantitative estimate of drug-likeness (QED) is 0.514. The molecule has 2 N–H and O–H groups in total. The monoisotopic (exact) mass is 325 g/mol. The molecule has 0 aliphatic rings. The molecule has 0 bridgehead atoms. The molecule has 0 unspecified atom stereocenters. The van der Waals surface area contributed by atoms with Crippen LogP contribution in [0.3, 0.4) is 0 Å². The van der Waals surface area contributed by atoms with E-state index in [4.69, 9.17) is 12.2 Å². The number of fused-ring (bicyclic) bond motifs is 1. The van der Waals surface area contributed by atoms with Gasteiger partial charge in [-0.2, -0.15) is 0 Å². The van der Waals surface area contributed by atoms with E-state index in [1.807, 2.05) is 18.2 Å². The molecule has 5 nitrogen and oxygen atoms in total. The van der Waals surface area contributed by atoms with Gasteiger partial charge in [-0.1, -0.05) is 0 Å². The Hall–Kier alpha value is -1.69. The third kappa shape index (κ3) is 1.82. The van der Waals surface area contributed by atoms with E-state index in [9.17, 15) is 9.59 Å². The van der Waals surface area contributed by atoms with E-state index >= 15 is 0 Å². The van der Waals surface area contributed by atoms with Crippen molar-refractivity contribution in [2.24, 2.45) is 0 Å². The molecule has 90 valence electrons. The van der Waals surface area contributed by atoms with Crippen molar-refractivity contribution in [1.82, 2.24) is 13.5 Å². The summed E-state index contributed by atoms with van der Waals surface area (Å²) in [6.45, 7) is 0. The number of H-pyrrole nitrogens is 2. The molecular weight excluding hydrogens is 317 g/mol. The third-order valence-corrected chi connectivity index (χ3v) is 4.96. The van der Waals surface area contributed by atoms with Crippen LogP contribution in [0.4, 0.5) is 0 Å². The van der Waals surface area contributed by atoms with Gasteiger partial charge >= 0.3 is 112 Å². The second kappa shape index (κ2) is 4.20. The summed E-state index contributed by atoms with van der Waals surface area (Å²) in [7, 11) is 0. The Bertz CT molecular complexity index is 874. The number of benzene rings is 1. The van der Waals surface area contributed by atoms with Crippen LogP contribution in [-0.2, 0) is 0 Å². The first-order valence-electron chi connectivity index (χ1n) is 5.10. The van der Waals surface area contributed by atoms with Gasteiger partial charge in [0.1, 0.15) is 0 Å². The molecule has 3 aromatic rings. The van der Waals surface area contributed by atoms with Crippen molar-refractivity contribution >= 4 is 36.6 Å². The number of aromatic nitrogens is 3. The van der Waals surface area contributed by atoms with Crippen LogP contribution in [0, 0.1) is 4.77 Å². The second-order valence-corrected chi connectivity index (χ2v) is 6.14. The molecule has 0 fully saturated rings. The van der Waals surface area contributed by atoms with E-state index in [0.29, 0.717) is 11.2 Å². The minimum atomic E-state index is -0.312. The van der Waals surface area contributed by atoms with E-state index in [-0.39, 0.29) is 30.6 Å². The number of hydrogen-bond acceptors (Lipinski definition) is 3. The molecule has 1 aromatic carbocycles. The van der Waals surface area contributed by atoms with Crippen LogP contribution in [0.2, 0.25) is 0 Å². The number of nitrogens with zero attached hydrogens (tertiary/aromatic N) is 1. The van der Waals surface area contributed by atoms with Gasteiger partial charge in [0.05, 0.1) is 0 Å². The Labute approximate surface area is 112 Å². The Balaban J connectivity index is 2.38. The molecule has 18 heavy (non-hydrogen) atoms. The average Bonchev–Trinajstić information content (AvgIpc) is 2.66. The SMILES string of the molecule is O=c1cc(-n2[se]c3ccccc3c2=O)[nH]c(=S)[nH]1. The summed E-state index contributed by atoms with van der Waals surface area (Å²) in [5.41, 5.74) is -0.407. The summed E-state index contributed by atoms with van der Waals surface area (Å²) in [5.74, 6) is 0.449. The molecule has 0 aliphatic heterocycles. The molecule has 0 atom stereocenters. The van der Waals surface area contributed by atoms with Gasteiger partial charge in [-0.3, -0.25) is 0 Å². The molecule has 0 radical (unpaired) electrons. The van der Waals surface area contributed by atoms with Crippen LogP contribution in [0.15, 0.2) is 39.9 Å². The third-order valence-electron chi connectivity index (χ3n) is 2.46. The summed E-state index contributed by atoms with van der Waals surface area (Å²) in [4.78, 5) is 28.8. The van der Waals surface area contributed by atoms with Crippen molar-refractivity contribution < 1.29 is 0 Å². The van der Waals surface area contributed by atoms with Gasteiger partial charge in [-0.25, -0.2) is 0 Å². The topological polar surface area (TPSA) is 70.7 Å². The summed E-state index contributed by atoms with van der Waals surface area (Å²) in [6.07, 6.45) is 0. The number of aromatic amines is 2. The van der Waals surface area contributed by atoms with Gasteiger partial charge in [0, 0.05) is 0 Å². The molecule has 7 heteroatoms. The molecule has 0 saturated carbocycles. The minimum absolute atomic E-state index is 0.0955. The molecule has 0 amide bonds. The van der Waals surface area contributed by atoms with E-state index in [0.717, 1.165) is 4.26 Å². The van der Waals surface area contributed by atoms with E-state index < -0.39 is 0 Å². The van der Waals surface area contributed by atoms with Crippen molar-refractivity contribution in [3.63, 3.8) is 0 Å². The number of rotatable bonds is 1. The summed E-state index contributed by atoms with van der Waals surface area (Å²) in [6, 6.07) is 8.80. The van der Waals surface area contributed by atoms with Crippen molar-refractivity contribution in [3.05, 3.63) is 55.8 Å². The zero-order valence-corrected chi connectivity index (χ0v) is 11.5. The van der Waals surface area contributed by atoms with Gasteiger partial charge in [-0.15, -0.1) is 0 Å². The molecule has 0 aliphatic carbocycles. The summed E-state index contributed by atoms with van der Waals surface area (Å²) in [5, 5.41) is 0.692. The number of nitrogens with one attached hydrogen (secondary N) is 2. The molecule has 2 heterocycles. The van der Waals surface area contributed by atoms with Crippen LogP contribution in [-0.4, -0.2) is 28.3 Å². The standard InChI is InChI=1S/C11H7N3O2SSe/c15-9-5-8(12-11(17)13-9)14-10(16)6-3-1-2-4-7(6)18-14/h1-5H,(H2,12,13,15,17). The predicted octanol–water partition coefficient (Wildman–Crippen LogP) is 0.794. The van der Waals surface area contributed by atoms with Crippen LogP contribution >= 0.6 is 12.2 Å². The summed E-state index contributed by atoms with van der Waals surface area (Å²) < 4.78 is 2.80. The average molecular weight is 324 g/mol. The molecular formula is C11H7N3O2SSe. The first-order chi connectivity index (χ1) is 8.65. The van der Waals surface area contributed by atoms with Gasteiger partial charge in [0.2, 0.25) is 0 Å². The van der Waals surface area contributed by atoms with Gasteiger partial charge in [-0.05, 0) is 0 Å². The Morgan fingerprint density at radius 1 is 1.17 bits per heavy atom. The van der Waals surface area contributed by atoms with Gasteiger partial charge in [0.15, 0.2) is 0 Å². The normalized spacial score (nSPS) is 10.9. The maximum atomic E-state index is 12.2. The predicted molar refractivity (Wildman–Crippen MR) is 72.3 cm³/mol. The van der Waals surface area contributed by atoms with Crippen molar-refractivity contribution in [2.75, 3.05) is 0 Å². The Morgan fingerprint density at radius 3 is 2.67 bits per heavy atom. The first kappa shape index (κ1) is 11.4. The van der Waals surface area contributed by atoms with Gasteiger partial charge < -0.3 is 0 Å². The Morgan fingerprint density at radius 2 is 1.94 bits per heavy atom. The Kier molecular flexibility index (Phi) is 2.66. The van der Waals surface area contributed by atoms with Crippen molar-refractivity contribution in [2.45, 2.75) is 0 Å². The molecule has 0 spiro atoms. The first-order valence-corrected chi connectivity index (χ1v) is 7.13. The molecule has 0 saturated heterocycles. The van der Waals surface area contributed by atoms with E-state index in [2.05, 4.69) is 9.97 Å².